The van der Waals surface area contributed by atoms with Gasteiger partial charge in [0.1, 0.15) is 0 Å². The summed E-state index contributed by atoms with van der Waals surface area (Å²) in [5, 5.41) is 3.59. The van der Waals surface area contributed by atoms with Crippen LogP contribution in [0, 0.1) is 17.3 Å². The van der Waals surface area contributed by atoms with Crippen LogP contribution in [0.5, 0.6) is 0 Å². The maximum atomic E-state index is 5.65. The SMILES string of the molecule is CC(C)CC1CNCCC12CCCOCC2. The summed E-state index contributed by atoms with van der Waals surface area (Å²) in [5.41, 5.74) is 0.603. The average molecular weight is 225 g/mol. The molecule has 2 atom stereocenters. The molecule has 0 aliphatic carbocycles. The highest BCUT2D eigenvalue weighted by molar-refractivity contribution is 4.92. The van der Waals surface area contributed by atoms with Crippen molar-refractivity contribution in [3.8, 4) is 0 Å². The zero-order valence-electron chi connectivity index (χ0n) is 10.9. The Morgan fingerprint density at radius 1 is 1.25 bits per heavy atom. The molecule has 2 aliphatic heterocycles. The van der Waals surface area contributed by atoms with Crippen LogP contribution < -0.4 is 5.32 Å². The van der Waals surface area contributed by atoms with Crippen molar-refractivity contribution >= 4 is 0 Å². The summed E-state index contributed by atoms with van der Waals surface area (Å²) in [6, 6.07) is 0. The predicted octanol–water partition coefficient (Wildman–Crippen LogP) is 2.83. The van der Waals surface area contributed by atoms with Gasteiger partial charge in [-0.25, -0.2) is 0 Å². The lowest BCUT2D eigenvalue weighted by Crippen LogP contribution is -2.45. The largest absolute Gasteiger partial charge is 0.381 e. The molecule has 2 nitrogen and oxygen atoms in total. The Labute approximate surface area is 100 Å². The first kappa shape index (κ1) is 12.4. The van der Waals surface area contributed by atoms with Crippen LogP contribution >= 0.6 is 0 Å². The second-order valence-corrected chi connectivity index (χ2v) is 6.11. The molecular weight excluding hydrogens is 198 g/mol. The number of hydrogen-bond acceptors (Lipinski definition) is 2. The zero-order valence-corrected chi connectivity index (χ0v) is 10.9. The standard InChI is InChI=1S/C14H27NO/c1-12(2)10-13-11-15-7-5-14(13)4-3-8-16-9-6-14/h12-13,15H,3-11H2,1-2H3. The van der Waals surface area contributed by atoms with Gasteiger partial charge in [-0.05, 0) is 62.4 Å². The zero-order chi connectivity index (χ0) is 11.4. The summed E-state index contributed by atoms with van der Waals surface area (Å²) in [6.45, 7) is 9.15. The summed E-state index contributed by atoms with van der Waals surface area (Å²) in [7, 11) is 0. The summed E-state index contributed by atoms with van der Waals surface area (Å²) in [5.74, 6) is 1.70. The molecule has 0 aromatic heterocycles. The third-order valence-electron chi connectivity index (χ3n) is 4.52. The molecular formula is C14H27NO. The van der Waals surface area contributed by atoms with E-state index in [0.717, 1.165) is 25.0 Å². The number of rotatable bonds is 2. The van der Waals surface area contributed by atoms with E-state index in [1.54, 1.807) is 0 Å². The van der Waals surface area contributed by atoms with Gasteiger partial charge in [0.05, 0.1) is 0 Å². The Kier molecular flexibility index (Phi) is 4.26. The van der Waals surface area contributed by atoms with E-state index in [9.17, 15) is 0 Å². The van der Waals surface area contributed by atoms with Gasteiger partial charge in [-0.3, -0.25) is 0 Å². The highest BCUT2D eigenvalue weighted by Gasteiger charge is 2.40. The van der Waals surface area contributed by atoms with Crippen LogP contribution in [0.2, 0.25) is 0 Å². The molecule has 0 amide bonds. The van der Waals surface area contributed by atoms with Gasteiger partial charge in [-0.1, -0.05) is 13.8 Å². The maximum absolute atomic E-state index is 5.65. The molecule has 2 saturated heterocycles. The van der Waals surface area contributed by atoms with Gasteiger partial charge in [0.25, 0.3) is 0 Å². The molecule has 1 spiro atoms. The summed E-state index contributed by atoms with van der Waals surface area (Å²) in [4.78, 5) is 0. The van der Waals surface area contributed by atoms with Gasteiger partial charge in [-0.2, -0.15) is 0 Å². The van der Waals surface area contributed by atoms with E-state index in [0.29, 0.717) is 5.41 Å². The second kappa shape index (κ2) is 5.50. The number of nitrogens with one attached hydrogen (secondary N) is 1. The molecule has 1 N–H and O–H groups in total. The van der Waals surface area contributed by atoms with Crippen molar-refractivity contribution in [2.45, 2.75) is 46.0 Å². The molecule has 2 fully saturated rings. The molecule has 2 aliphatic rings. The smallest absolute Gasteiger partial charge is 0.0471 e. The Bertz CT molecular complexity index is 207. The van der Waals surface area contributed by atoms with Crippen molar-refractivity contribution in [3.05, 3.63) is 0 Å². The fraction of sp³-hybridized carbons (Fsp3) is 1.00. The van der Waals surface area contributed by atoms with Gasteiger partial charge in [-0.15, -0.1) is 0 Å². The Morgan fingerprint density at radius 2 is 2.12 bits per heavy atom. The van der Waals surface area contributed by atoms with Crippen molar-refractivity contribution in [2.24, 2.45) is 17.3 Å². The van der Waals surface area contributed by atoms with Crippen molar-refractivity contribution in [1.82, 2.24) is 5.32 Å². The van der Waals surface area contributed by atoms with Crippen LogP contribution in [0.1, 0.15) is 46.0 Å². The van der Waals surface area contributed by atoms with Crippen molar-refractivity contribution in [3.63, 3.8) is 0 Å². The van der Waals surface area contributed by atoms with Crippen LogP contribution in [-0.4, -0.2) is 26.3 Å². The van der Waals surface area contributed by atoms with Crippen molar-refractivity contribution < 1.29 is 4.74 Å². The first-order valence-electron chi connectivity index (χ1n) is 7.01. The number of piperidine rings is 1. The van der Waals surface area contributed by atoms with E-state index < -0.39 is 0 Å². The third-order valence-corrected chi connectivity index (χ3v) is 4.52. The van der Waals surface area contributed by atoms with Crippen LogP contribution in [0.4, 0.5) is 0 Å². The van der Waals surface area contributed by atoms with Crippen molar-refractivity contribution in [1.29, 1.82) is 0 Å². The third kappa shape index (κ3) is 2.78. The summed E-state index contributed by atoms with van der Waals surface area (Å²) in [6.07, 6.45) is 6.72. The lowest BCUT2D eigenvalue weighted by Gasteiger charge is -2.45. The number of hydrogen-bond donors (Lipinski definition) is 1. The lowest BCUT2D eigenvalue weighted by molar-refractivity contribution is 0.0589. The van der Waals surface area contributed by atoms with Crippen LogP contribution in [0.3, 0.4) is 0 Å². The Balaban J connectivity index is 2.05. The van der Waals surface area contributed by atoms with E-state index in [4.69, 9.17) is 4.74 Å². The van der Waals surface area contributed by atoms with Crippen molar-refractivity contribution in [2.75, 3.05) is 26.3 Å². The molecule has 0 saturated carbocycles. The minimum Gasteiger partial charge on any atom is -0.381 e. The molecule has 2 heteroatoms. The van der Waals surface area contributed by atoms with Crippen LogP contribution in [-0.2, 0) is 4.74 Å². The van der Waals surface area contributed by atoms with Crippen LogP contribution in [0.15, 0.2) is 0 Å². The lowest BCUT2D eigenvalue weighted by atomic mass is 9.64. The van der Waals surface area contributed by atoms with Gasteiger partial charge in [0, 0.05) is 13.2 Å². The van der Waals surface area contributed by atoms with E-state index in [1.165, 1.54) is 45.2 Å². The normalized spacial score (nSPS) is 36.6. The first-order chi connectivity index (χ1) is 7.73. The van der Waals surface area contributed by atoms with E-state index >= 15 is 0 Å². The molecule has 2 rings (SSSR count). The fourth-order valence-corrected chi connectivity index (χ4v) is 3.62. The summed E-state index contributed by atoms with van der Waals surface area (Å²) >= 11 is 0. The minimum atomic E-state index is 0.603. The van der Waals surface area contributed by atoms with Crippen LogP contribution in [0.25, 0.3) is 0 Å². The maximum Gasteiger partial charge on any atom is 0.0471 e. The van der Waals surface area contributed by atoms with Gasteiger partial charge in [0.2, 0.25) is 0 Å². The quantitative estimate of drug-likeness (QED) is 0.780. The molecule has 16 heavy (non-hydrogen) atoms. The average Bonchev–Trinajstić information content (AvgIpc) is 2.48. The molecule has 0 aromatic carbocycles. The first-order valence-corrected chi connectivity index (χ1v) is 7.01. The second-order valence-electron chi connectivity index (χ2n) is 6.11. The minimum absolute atomic E-state index is 0.603. The molecule has 2 unspecified atom stereocenters. The molecule has 0 radical (unpaired) electrons. The monoisotopic (exact) mass is 225 g/mol. The Hall–Kier alpha value is -0.0800. The highest BCUT2D eigenvalue weighted by Crippen LogP contribution is 2.45. The topological polar surface area (TPSA) is 21.3 Å². The molecule has 0 bridgehead atoms. The molecule has 0 aromatic rings. The highest BCUT2D eigenvalue weighted by atomic mass is 16.5. The van der Waals surface area contributed by atoms with E-state index in [2.05, 4.69) is 19.2 Å². The fourth-order valence-electron chi connectivity index (χ4n) is 3.62. The summed E-state index contributed by atoms with van der Waals surface area (Å²) < 4.78 is 5.65. The van der Waals surface area contributed by atoms with Gasteiger partial charge < -0.3 is 10.1 Å². The molecule has 94 valence electrons. The Morgan fingerprint density at radius 3 is 2.94 bits per heavy atom. The number of ether oxygens (including phenoxy) is 1. The van der Waals surface area contributed by atoms with E-state index in [1.807, 2.05) is 0 Å². The predicted molar refractivity (Wildman–Crippen MR) is 67.5 cm³/mol. The van der Waals surface area contributed by atoms with Gasteiger partial charge >= 0.3 is 0 Å². The van der Waals surface area contributed by atoms with E-state index in [-0.39, 0.29) is 0 Å². The molecule has 2 heterocycles. The van der Waals surface area contributed by atoms with Gasteiger partial charge in [0.15, 0.2) is 0 Å².